The van der Waals surface area contributed by atoms with Crippen molar-refractivity contribution in [3.8, 4) is 0 Å². The standard InChI is InChI=1S/C20H22F3N3O4/c1-10-5-15-13(17(27)6-10)8-16(11-3-2-4-12(7-11)20(21,22)23)26(25-15)19(30)14(24)9-18(28)29/h2-4,7-8,10,13-14,17,27H,5-6,9,24H2,1H3,(H,28,29)/t10?,13?,14-,17?/m0/s1. The largest absolute Gasteiger partial charge is 0.481 e. The van der Waals surface area contributed by atoms with E-state index in [0.29, 0.717) is 18.6 Å². The summed E-state index contributed by atoms with van der Waals surface area (Å²) in [6.07, 6.45) is -3.54. The molecule has 30 heavy (non-hydrogen) atoms. The third-order valence-corrected chi connectivity index (χ3v) is 5.20. The predicted octanol–water partition coefficient (Wildman–Crippen LogP) is 2.45. The summed E-state index contributed by atoms with van der Waals surface area (Å²) in [6, 6.07) is 2.96. The maximum absolute atomic E-state index is 13.2. The molecule has 0 bridgehead atoms. The number of aliphatic hydroxyl groups is 1. The molecule has 1 aliphatic carbocycles. The molecule has 0 radical (unpaired) electrons. The van der Waals surface area contributed by atoms with Crippen LogP contribution in [0.2, 0.25) is 0 Å². The highest BCUT2D eigenvalue weighted by atomic mass is 19.4. The Balaban J connectivity index is 2.06. The molecule has 1 aromatic rings. The number of carbonyl (C=O) groups is 2. The number of fused-ring (bicyclic) bond motifs is 1. The van der Waals surface area contributed by atoms with Gasteiger partial charge in [-0.3, -0.25) is 9.59 Å². The predicted molar refractivity (Wildman–Crippen MR) is 102 cm³/mol. The SMILES string of the molecule is CC1CC2=NN(C(=O)[C@@H](N)CC(=O)O)C(c3cccc(C(F)(F)F)c3)=CC2C(O)C1. The number of halogens is 3. The first kappa shape index (κ1) is 22.0. The molecule has 1 aliphatic heterocycles. The minimum Gasteiger partial charge on any atom is -0.481 e. The average Bonchev–Trinajstić information content (AvgIpc) is 2.65. The number of nitrogens with zero attached hydrogens (tertiary/aromatic N) is 2. The number of rotatable bonds is 4. The minimum atomic E-state index is -4.59. The van der Waals surface area contributed by atoms with E-state index < -0.39 is 48.1 Å². The highest BCUT2D eigenvalue weighted by Gasteiger charge is 2.39. The van der Waals surface area contributed by atoms with Crippen LogP contribution in [0.5, 0.6) is 0 Å². The first-order chi connectivity index (χ1) is 14.0. The van der Waals surface area contributed by atoms with Crippen molar-refractivity contribution in [2.45, 2.75) is 44.5 Å². The van der Waals surface area contributed by atoms with Gasteiger partial charge in [0.05, 0.1) is 29.8 Å². The Morgan fingerprint density at radius 1 is 1.37 bits per heavy atom. The second-order valence-corrected chi connectivity index (χ2v) is 7.71. The molecule has 3 unspecified atom stereocenters. The summed E-state index contributed by atoms with van der Waals surface area (Å²) in [4.78, 5) is 23.8. The van der Waals surface area contributed by atoms with Crippen LogP contribution in [0.25, 0.3) is 5.70 Å². The highest BCUT2D eigenvalue weighted by molar-refractivity contribution is 5.99. The van der Waals surface area contributed by atoms with Crippen LogP contribution in [0.4, 0.5) is 13.2 Å². The van der Waals surface area contributed by atoms with Gasteiger partial charge in [0.2, 0.25) is 0 Å². The Morgan fingerprint density at radius 3 is 2.70 bits per heavy atom. The van der Waals surface area contributed by atoms with Gasteiger partial charge in [-0.1, -0.05) is 19.1 Å². The van der Waals surface area contributed by atoms with Gasteiger partial charge in [0.25, 0.3) is 5.91 Å². The van der Waals surface area contributed by atoms with Crippen LogP contribution in [0.1, 0.15) is 37.3 Å². The summed E-state index contributed by atoms with van der Waals surface area (Å²) in [7, 11) is 0. The smallest absolute Gasteiger partial charge is 0.416 e. The summed E-state index contributed by atoms with van der Waals surface area (Å²) >= 11 is 0. The lowest BCUT2D eigenvalue weighted by atomic mass is 9.78. The average molecular weight is 425 g/mol. The van der Waals surface area contributed by atoms with Gasteiger partial charge >= 0.3 is 12.1 Å². The molecule has 7 nitrogen and oxygen atoms in total. The minimum absolute atomic E-state index is 0.0364. The molecule has 3 rings (SSSR count). The van der Waals surface area contributed by atoms with Crippen LogP contribution >= 0.6 is 0 Å². The summed E-state index contributed by atoms with van der Waals surface area (Å²) in [5.41, 5.74) is 5.41. The van der Waals surface area contributed by atoms with E-state index in [1.54, 1.807) is 0 Å². The van der Waals surface area contributed by atoms with Crippen LogP contribution in [0, 0.1) is 11.8 Å². The summed E-state index contributed by atoms with van der Waals surface area (Å²) in [5, 5.41) is 24.6. The zero-order valence-corrected chi connectivity index (χ0v) is 16.1. The number of carboxylic acid groups (broad SMARTS) is 1. The Hall–Kier alpha value is -2.72. The molecule has 162 valence electrons. The second kappa shape index (κ2) is 8.19. The van der Waals surface area contributed by atoms with E-state index >= 15 is 0 Å². The van der Waals surface area contributed by atoms with E-state index in [-0.39, 0.29) is 17.2 Å². The molecule has 4 atom stereocenters. The van der Waals surface area contributed by atoms with Gasteiger partial charge in [-0.05, 0) is 37.0 Å². The van der Waals surface area contributed by atoms with Crippen molar-refractivity contribution in [2.75, 3.05) is 0 Å². The quantitative estimate of drug-likeness (QED) is 0.685. The lowest BCUT2D eigenvalue weighted by molar-refractivity contribution is -0.141. The zero-order chi connectivity index (χ0) is 22.2. The topological polar surface area (TPSA) is 116 Å². The van der Waals surface area contributed by atoms with Crippen molar-refractivity contribution in [1.29, 1.82) is 0 Å². The van der Waals surface area contributed by atoms with Crippen LogP contribution in [-0.4, -0.2) is 45.0 Å². The van der Waals surface area contributed by atoms with E-state index in [9.17, 15) is 27.9 Å². The second-order valence-electron chi connectivity index (χ2n) is 7.71. The molecule has 1 heterocycles. The number of aliphatic carboxylic acids is 1. The molecule has 0 aromatic heterocycles. The summed E-state index contributed by atoms with van der Waals surface area (Å²) < 4.78 is 39.6. The maximum Gasteiger partial charge on any atom is 0.416 e. The van der Waals surface area contributed by atoms with Gasteiger partial charge in [-0.15, -0.1) is 0 Å². The van der Waals surface area contributed by atoms with Gasteiger partial charge in [0.15, 0.2) is 0 Å². The Bertz CT molecular complexity index is 913. The molecular formula is C20H22F3N3O4. The Labute approximate surface area is 170 Å². The number of nitrogens with two attached hydrogens (primary N) is 1. The molecule has 1 saturated carbocycles. The number of amides is 1. The Kier molecular flexibility index (Phi) is 6.00. The van der Waals surface area contributed by atoms with Crippen LogP contribution in [0.15, 0.2) is 35.4 Å². The molecular weight excluding hydrogens is 403 g/mol. The molecule has 0 spiro atoms. The molecule has 1 aromatic carbocycles. The fraction of sp³-hybridized carbons (Fsp3) is 0.450. The monoisotopic (exact) mass is 425 g/mol. The third-order valence-electron chi connectivity index (χ3n) is 5.20. The van der Waals surface area contributed by atoms with Crippen molar-refractivity contribution in [3.05, 3.63) is 41.5 Å². The summed E-state index contributed by atoms with van der Waals surface area (Å²) in [5.74, 6) is -2.59. The lowest BCUT2D eigenvalue weighted by Crippen LogP contribution is -2.46. The van der Waals surface area contributed by atoms with Gasteiger partial charge in [-0.25, -0.2) is 0 Å². The summed E-state index contributed by atoms with van der Waals surface area (Å²) in [6.45, 7) is 1.91. The Morgan fingerprint density at radius 2 is 2.07 bits per heavy atom. The fourth-order valence-corrected chi connectivity index (χ4v) is 3.77. The number of benzene rings is 1. The van der Waals surface area contributed by atoms with Gasteiger partial charge in [0.1, 0.15) is 0 Å². The maximum atomic E-state index is 13.2. The number of carbonyl (C=O) groups excluding carboxylic acids is 1. The first-order valence-corrected chi connectivity index (χ1v) is 9.43. The molecule has 10 heteroatoms. The highest BCUT2D eigenvalue weighted by Crippen LogP contribution is 2.37. The van der Waals surface area contributed by atoms with Crippen LogP contribution in [0.3, 0.4) is 0 Å². The van der Waals surface area contributed by atoms with Crippen molar-refractivity contribution < 1.29 is 33.0 Å². The van der Waals surface area contributed by atoms with E-state index in [0.717, 1.165) is 17.1 Å². The third kappa shape index (κ3) is 4.54. The van der Waals surface area contributed by atoms with Gasteiger partial charge in [-0.2, -0.15) is 23.3 Å². The van der Waals surface area contributed by atoms with Crippen LogP contribution in [-0.2, 0) is 15.8 Å². The molecule has 0 saturated heterocycles. The van der Waals surface area contributed by atoms with Gasteiger partial charge < -0.3 is 15.9 Å². The van der Waals surface area contributed by atoms with E-state index in [2.05, 4.69) is 5.10 Å². The lowest BCUT2D eigenvalue weighted by Gasteiger charge is -2.37. The number of carboxylic acids is 1. The number of hydrazone groups is 1. The number of aliphatic hydroxyl groups excluding tert-OH is 1. The normalized spacial score (nSPS) is 25.1. The van der Waals surface area contributed by atoms with E-state index in [1.807, 2.05) is 6.92 Å². The molecule has 4 N–H and O–H groups in total. The van der Waals surface area contributed by atoms with E-state index in [4.69, 9.17) is 10.8 Å². The number of hydrogen-bond acceptors (Lipinski definition) is 5. The fourth-order valence-electron chi connectivity index (χ4n) is 3.77. The zero-order valence-electron chi connectivity index (χ0n) is 16.1. The van der Waals surface area contributed by atoms with E-state index in [1.165, 1.54) is 18.2 Å². The molecule has 2 aliphatic rings. The first-order valence-electron chi connectivity index (χ1n) is 9.43. The van der Waals surface area contributed by atoms with Crippen molar-refractivity contribution >= 4 is 23.3 Å². The number of hydrogen-bond donors (Lipinski definition) is 3. The molecule has 1 fully saturated rings. The van der Waals surface area contributed by atoms with Crippen molar-refractivity contribution in [1.82, 2.24) is 5.01 Å². The van der Waals surface area contributed by atoms with Crippen molar-refractivity contribution in [3.63, 3.8) is 0 Å². The van der Waals surface area contributed by atoms with Crippen LogP contribution < -0.4 is 5.73 Å². The number of alkyl halides is 3. The van der Waals surface area contributed by atoms with Gasteiger partial charge in [0, 0.05) is 17.2 Å². The molecule has 1 amide bonds. The van der Waals surface area contributed by atoms with Crippen molar-refractivity contribution in [2.24, 2.45) is 22.7 Å².